The van der Waals surface area contributed by atoms with E-state index in [9.17, 15) is 0 Å². The van der Waals surface area contributed by atoms with E-state index in [0.29, 0.717) is 5.41 Å². The molecule has 0 saturated heterocycles. The van der Waals surface area contributed by atoms with E-state index in [2.05, 4.69) is 25.4 Å². The number of rotatable bonds is 0. The van der Waals surface area contributed by atoms with Crippen LogP contribution in [0.5, 0.6) is 0 Å². The molecule has 1 aliphatic carbocycles. The van der Waals surface area contributed by atoms with E-state index in [-0.39, 0.29) is 0 Å². The highest BCUT2D eigenvalue weighted by Crippen LogP contribution is 2.44. The zero-order valence-electron chi connectivity index (χ0n) is 7.48. The topological polar surface area (TPSA) is 12.0 Å². The number of nitrogens with one attached hydrogen (secondary N) is 1. The number of hydrogen-bond acceptors (Lipinski definition) is 1. The van der Waals surface area contributed by atoms with Gasteiger partial charge in [-0.25, -0.2) is 0 Å². The minimum Gasteiger partial charge on any atom is -0.387 e. The maximum atomic E-state index is 3.49. The van der Waals surface area contributed by atoms with Crippen molar-refractivity contribution >= 4 is 0 Å². The first-order chi connectivity index (χ1) is 5.23. The van der Waals surface area contributed by atoms with Crippen LogP contribution in [0.2, 0.25) is 0 Å². The van der Waals surface area contributed by atoms with Crippen LogP contribution in [-0.2, 0) is 0 Å². The zero-order valence-corrected chi connectivity index (χ0v) is 7.48. The molecule has 1 N–H and O–H groups in total. The van der Waals surface area contributed by atoms with Crippen LogP contribution in [0, 0.1) is 5.41 Å². The number of fused-ring (bicyclic) bond motifs is 1. The van der Waals surface area contributed by atoms with Crippen LogP contribution in [-0.4, -0.2) is 6.04 Å². The first-order valence-electron chi connectivity index (χ1n) is 4.67. The highest BCUT2D eigenvalue weighted by Gasteiger charge is 2.40. The Morgan fingerprint density at radius 1 is 1.55 bits per heavy atom. The van der Waals surface area contributed by atoms with Crippen molar-refractivity contribution in [2.45, 2.75) is 45.6 Å². The van der Waals surface area contributed by atoms with Crippen LogP contribution < -0.4 is 5.32 Å². The summed E-state index contributed by atoms with van der Waals surface area (Å²) in [5.74, 6) is 0. The van der Waals surface area contributed by atoms with E-state index in [1.165, 1.54) is 25.7 Å². The third-order valence-electron chi connectivity index (χ3n) is 3.61. The van der Waals surface area contributed by atoms with Crippen molar-refractivity contribution in [3.63, 3.8) is 0 Å². The molecule has 2 aliphatic rings. The molecule has 62 valence electrons. The van der Waals surface area contributed by atoms with Gasteiger partial charge in [-0.05, 0) is 31.5 Å². The third-order valence-corrected chi connectivity index (χ3v) is 3.61. The Bertz CT molecular complexity index is 195. The van der Waals surface area contributed by atoms with Gasteiger partial charge in [-0.1, -0.05) is 19.8 Å². The summed E-state index contributed by atoms with van der Waals surface area (Å²) in [5, 5.41) is 3.49. The minimum absolute atomic E-state index is 0.498. The van der Waals surface area contributed by atoms with Gasteiger partial charge in [0.15, 0.2) is 0 Å². The molecule has 1 heterocycles. The Morgan fingerprint density at radius 2 is 2.36 bits per heavy atom. The highest BCUT2D eigenvalue weighted by molar-refractivity contribution is 5.21. The molecule has 2 rings (SSSR count). The SMILES string of the molecule is CC1=CNC2CCCCC12C. The predicted molar refractivity (Wildman–Crippen MR) is 47.3 cm³/mol. The van der Waals surface area contributed by atoms with Crippen molar-refractivity contribution in [3.8, 4) is 0 Å². The lowest BCUT2D eigenvalue weighted by atomic mass is 9.70. The molecule has 1 nitrogen and oxygen atoms in total. The van der Waals surface area contributed by atoms with Gasteiger partial charge in [0.2, 0.25) is 0 Å². The molecule has 1 saturated carbocycles. The molecule has 0 radical (unpaired) electrons. The lowest BCUT2D eigenvalue weighted by Crippen LogP contribution is -2.38. The molecular formula is C10H17N. The Morgan fingerprint density at radius 3 is 3.09 bits per heavy atom. The molecule has 0 amide bonds. The summed E-state index contributed by atoms with van der Waals surface area (Å²) in [6.45, 7) is 4.67. The van der Waals surface area contributed by atoms with E-state index < -0.39 is 0 Å². The van der Waals surface area contributed by atoms with Gasteiger partial charge in [-0.2, -0.15) is 0 Å². The van der Waals surface area contributed by atoms with Crippen molar-refractivity contribution in [1.82, 2.24) is 5.32 Å². The van der Waals surface area contributed by atoms with Gasteiger partial charge >= 0.3 is 0 Å². The van der Waals surface area contributed by atoms with Crippen molar-refractivity contribution in [1.29, 1.82) is 0 Å². The van der Waals surface area contributed by atoms with Gasteiger partial charge in [-0.15, -0.1) is 0 Å². The maximum Gasteiger partial charge on any atom is 0.0347 e. The van der Waals surface area contributed by atoms with Crippen molar-refractivity contribution in [2.24, 2.45) is 5.41 Å². The molecule has 1 fully saturated rings. The van der Waals surface area contributed by atoms with E-state index >= 15 is 0 Å². The Hall–Kier alpha value is -0.460. The molecule has 0 spiro atoms. The normalized spacial score (nSPS) is 42.7. The van der Waals surface area contributed by atoms with E-state index in [0.717, 1.165) is 6.04 Å². The second-order valence-electron chi connectivity index (χ2n) is 4.21. The molecule has 2 unspecified atom stereocenters. The van der Waals surface area contributed by atoms with Crippen LogP contribution in [0.4, 0.5) is 0 Å². The lowest BCUT2D eigenvalue weighted by molar-refractivity contribution is 0.223. The second-order valence-corrected chi connectivity index (χ2v) is 4.21. The van der Waals surface area contributed by atoms with Gasteiger partial charge in [0.05, 0.1) is 0 Å². The van der Waals surface area contributed by atoms with Crippen LogP contribution >= 0.6 is 0 Å². The molecule has 0 bridgehead atoms. The standard InChI is InChI=1S/C10H17N/c1-8-7-11-9-5-3-4-6-10(8,9)2/h7,9,11H,3-6H2,1-2H3. The van der Waals surface area contributed by atoms with Gasteiger partial charge in [0.1, 0.15) is 0 Å². The Labute approximate surface area is 68.9 Å². The maximum absolute atomic E-state index is 3.49. The van der Waals surface area contributed by atoms with E-state index in [1.54, 1.807) is 5.57 Å². The summed E-state index contributed by atoms with van der Waals surface area (Å²) in [4.78, 5) is 0. The summed E-state index contributed by atoms with van der Waals surface area (Å²) in [6, 6.07) is 0.747. The zero-order chi connectivity index (χ0) is 7.90. The minimum atomic E-state index is 0.498. The Kier molecular flexibility index (Phi) is 1.48. The predicted octanol–water partition coefficient (Wildman–Crippen LogP) is 2.44. The molecule has 1 heteroatoms. The van der Waals surface area contributed by atoms with Crippen molar-refractivity contribution in [2.75, 3.05) is 0 Å². The molecule has 0 aromatic carbocycles. The van der Waals surface area contributed by atoms with Crippen molar-refractivity contribution < 1.29 is 0 Å². The summed E-state index contributed by atoms with van der Waals surface area (Å²) >= 11 is 0. The second kappa shape index (κ2) is 2.26. The molecule has 0 aromatic rings. The number of hydrogen-bond donors (Lipinski definition) is 1. The van der Waals surface area contributed by atoms with Crippen LogP contribution in [0.25, 0.3) is 0 Å². The summed E-state index contributed by atoms with van der Waals surface area (Å²) in [5.41, 5.74) is 2.06. The summed E-state index contributed by atoms with van der Waals surface area (Å²) in [6.07, 6.45) is 7.79. The van der Waals surface area contributed by atoms with Gasteiger partial charge < -0.3 is 5.32 Å². The average molecular weight is 151 g/mol. The van der Waals surface area contributed by atoms with Crippen LogP contribution in [0.1, 0.15) is 39.5 Å². The monoisotopic (exact) mass is 151 g/mol. The largest absolute Gasteiger partial charge is 0.387 e. The van der Waals surface area contributed by atoms with Gasteiger partial charge in [0.25, 0.3) is 0 Å². The smallest absolute Gasteiger partial charge is 0.0347 e. The fourth-order valence-corrected chi connectivity index (χ4v) is 2.46. The van der Waals surface area contributed by atoms with E-state index in [1.807, 2.05) is 0 Å². The first-order valence-corrected chi connectivity index (χ1v) is 4.67. The molecule has 11 heavy (non-hydrogen) atoms. The lowest BCUT2D eigenvalue weighted by Gasteiger charge is -2.37. The summed E-state index contributed by atoms with van der Waals surface area (Å²) < 4.78 is 0. The quantitative estimate of drug-likeness (QED) is 0.560. The Balaban J connectivity index is 2.23. The molecular weight excluding hydrogens is 134 g/mol. The fraction of sp³-hybridized carbons (Fsp3) is 0.800. The van der Waals surface area contributed by atoms with Crippen LogP contribution in [0.3, 0.4) is 0 Å². The summed E-state index contributed by atoms with van der Waals surface area (Å²) in [7, 11) is 0. The van der Waals surface area contributed by atoms with Gasteiger partial charge in [0, 0.05) is 11.5 Å². The fourth-order valence-electron chi connectivity index (χ4n) is 2.46. The van der Waals surface area contributed by atoms with Crippen molar-refractivity contribution in [3.05, 3.63) is 11.8 Å². The first kappa shape index (κ1) is 7.20. The average Bonchev–Trinajstić information content (AvgIpc) is 2.29. The molecule has 1 aliphatic heterocycles. The molecule has 2 atom stereocenters. The van der Waals surface area contributed by atoms with Gasteiger partial charge in [-0.3, -0.25) is 0 Å². The van der Waals surface area contributed by atoms with E-state index in [4.69, 9.17) is 0 Å². The third kappa shape index (κ3) is 0.901. The molecule has 0 aromatic heterocycles. The highest BCUT2D eigenvalue weighted by atomic mass is 15.0. The van der Waals surface area contributed by atoms with Crippen LogP contribution in [0.15, 0.2) is 11.8 Å².